The van der Waals surface area contributed by atoms with Crippen molar-refractivity contribution >= 4 is 21.9 Å². The number of hydrogen-bond acceptors (Lipinski definition) is 7. The molecule has 3 N–H and O–H groups in total. The summed E-state index contributed by atoms with van der Waals surface area (Å²) in [5, 5.41) is 23.1. The van der Waals surface area contributed by atoms with Crippen LogP contribution in [0.4, 0.5) is 0 Å². The van der Waals surface area contributed by atoms with Crippen molar-refractivity contribution in [2.45, 2.75) is 51.9 Å². The molecule has 1 atom stereocenters. The van der Waals surface area contributed by atoms with Crippen molar-refractivity contribution in [2.24, 2.45) is 0 Å². The first-order valence-electron chi connectivity index (χ1n) is 11.7. The van der Waals surface area contributed by atoms with E-state index in [9.17, 15) is 15.0 Å². The maximum Gasteiger partial charge on any atom is 0.308 e. The van der Waals surface area contributed by atoms with Crippen molar-refractivity contribution in [1.82, 2.24) is 5.32 Å². The maximum atomic E-state index is 11.1. The summed E-state index contributed by atoms with van der Waals surface area (Å²) in [5.74, 6) is -0.131. The average Bonchev–Trinajstić information content (AvgIpc) is 2.81. The highest BCUT2D eigenvalue weighted by Gasteiger charge is 2.12. The highest BCUT2D eigenvalue weighted by atomic mass is 79.9. The number of halogens is 1. The lowest BCUT2D eigenvalue weighted by Crippen LogP contribution is -2.22. The molecule has 2 aromatic carbocycles. The molecule has 0 fully saturated rings. The van der Waals surface area contributed by atoms with Gasteiger partial charge in [0.15, 0.2) is 0 Å². The Hall–Kier alpha value is -1.81. The summed E-state index contributed by atoms with van der Waals surface area (Å²) in [6.07, 6.45) is 3.54. The van der Waals surface area contributed by atoms with Crippen LogP contribution in [0, 0.1) is 0 Å². The molecule has 0 spiro atoms. The van der Waals surface area contributed by atoms with Crippen molar-refractivity contribution in [3.63, 3.8) is 0 Å². The molecule has 0 heterocycles. The van der Waals surface area contributed by atoms with Crippen LogP contribution in [0.15, 0.2) is 46.9 Å². The first-order valence-corrected chi connectivity index (χ1v) is 12.5. The van der Waals surface area contributed by atoms with Gasteiger partial charge >= 0.3 is 5.97 Å². The van der Waals surface area contributed by atoms with E-state index in [1.165, 1.54) is 6.92 Å². The number of hydrogen-bond donors (Lipinski definition) is 3. The van der Waals surface area contributed by atoms with Gasteiger partial charge < -0.3 is 29.7 Å². The van der Waals surface area contributed by atoms with Crippen LogP contribution >= 0.6 is 15.9 Å². The number of unbranched alkanes of at least 4 members (excludes halogenated alkanes) is 3. The molecule has 0 amide bonds. The molecule has 2 rings (SSSR count). The summed E-state index contributed by atoms with van der Waals surface area (Å²) in [7, 11) is 0. The van der Waals surface area contributed by atoms with E-state index < -0.39 is 12.1 Å². The number of benzene rings is 2. The highest BCUT2D eigenvalue weighted by molar-refractivity contribution is 9.10. The summed E-state index contributed by atoms with van der Waals surface area (Å²) in [5.41, 5.74) is 2.29. The molecule has 0 bridgehead atoms. The van der Waals surface area contributed by atoms with Gasteiger partial charge in [0, 0.05) is 30.1 Å². The molecule has 0 saturated carbocycles. The second-order valence-corrected chi connectivity index (χ2v) is 8.96. The largest absolute Gasteiger partial charge is 0.426 e. The lowest BCUT2D eigenvalue weighted by atomic mass is 10.1. The van der Waals surface area contributed by atoms with Crippen molar-refractivity contribution in [3.8, 4) is 5.75 Å². The Labute approximate surface area is 210 Å². The third-order valence-corrected chi connectivity index (χ3v) is 5.65. The van der Waals surface area contributed by atoms with Gasteiger partial charge in [0.05, 0.1) is 32.5 Å². The number of esters is 1. The molecular formula is C26H36BrNO6. The number of aliphatic hydroxyl groups excluding tert-OH is 2. The van der Waals surface area contributed by atoms with Crippen LogP contribution in [-0.4, -0.2) is 49.1 Å². The van der Waals surface area contributed by atoms with Gasteiger partial charge in [-0.05, 0) is 54.8 Å². The zero-order chi connectivity index (χ0) is 24.6. The number of rotatable bonds is 17. The summed E-state index contributed by atoms with van der Waals surface area (Å²) in [6.45, 7) is 4.80. The van der Waals surface area contributed by atoms with E-state index in [2.05, 4.69) is 21.2 Å². The second kappa shape index (κ2) is 16.8. The maximum absolute atomic E-state index is 11.1. The summed E-state index contributed by atoms with van der Waals surface area (Å²) >= 11 is 3.45. The van der Waals surface area contributed by atoms with E-state index in [0.717, 1.165) is 48.9 Å². The molecule has 0 unspecified atom stereocenters. The molecule has 0 aromatic heterocycles. The molecule has 2 aromatic rings. The lowest BCUT2D eigenvalue weighted by Gasteiger charge is -2.15. The Balaban J connectivity index is 1.45. The zero-order valence-corrected chi connectivity index (χ0v) is 21.4. The molecule has 188 valence electrons. The Kier molecular flexibility index (Phi) is 14.0. The zero-order valence-electron chi connectivity index (χ0n) is 19.8. The molecule has 7 nitrogen and oxygen atoms in total. The van der Waals surface area contributed by atoms with Crippen molar-refractivity contribution < 1.29 is 29.2 Å². The van der Waals surface area contributed by atoms with Gasteiger partial charge in [0.25, 0.3) is 0 Å². The van der Waals surface area contributed by atoms with E-state index in [-0.39, 0.29) is 6.61 Å². The minimum absolute atomic E-state index is 0.265. The lowest BCUT2D eigenvalue weighted by molar-refractivity contribution is -0.131. The number of ether oxygens (including phenoxy) is 3. The minimum atomic E-state index is -0.698. The van der Waals surface area contributed by atoms with Gasteiger partial charge in [-0.25, -0.2) is 0 Å². The van der Waals surface area contributed by atoms with E-state index in [0.29, 0.717) is 43.2 Å². The van der Waals surface area contributed by atoms with Crippen LogP contribution in [0.2, 0.25) is 0 Å². The fourth-order valence-electron chi connectivity index (χ4n) is 3.39. The topological polar surface area (TPSA) is 97.3 Å². The van der Waals surface area contributed by atoms with Crippen LogP contribution < -0.4 is 10.1 Å². The van der Waals surface area contributed by atoms with E-state index in [1.807, 2.05) is 24.3 Å². The van der Waals surface area contributed by atoms with Crippen LogP contribution in [0.25, 0.3) is 0 Å². The molecule has 0 radical (unpaired) electrons. The first-order chi connectivity index (χ1) is 16.5. The number of nitrogens with one attached hydrogen (secondary N) is 1. The van der Waals surface area contributed by atoms with Gasteiger partial charge in [0.2, 0.25) is 0 Å². The van der Waals surface area contributed by atoms with E-state index in [1.54, 1.807) is 18.2 Å². The molecule has 0 aliphatic heterocycles. The molecule has 0 saturated heterocycles. The third kappa shape index (κ3) is 11.6. The van der Waals surface area contributed by atoms with Gasteiger partial charge in [-0.15, -0.1) is 0 Å². The normalized spacial score (nSPS) is 12.0. The summed E-state index contributed by atoms with van der Waals surface area (Å²) in [4.78, 5) is 11.1. The van der Waals surface area contributed by atoms with Crippen molar-refractivity contribution in [1.29, 1.82) is 0 Å². The summed E-state index contributed by atoms with van der Waals surface area (Å²) < 4.78 is 17.4. The smallest absolute Gasteiger partial charge is 0.308 e. The monoisotopic (exact) mass is 537 g/mol. The Morgan fingerprint density at radius 2 is 1.82 bits per heavy atom. The van der Waals surface area contributed by atoms with Crippen LogP contribution in [-0.2, 0) is 27.5 Å². The van der Waals surface area contributed by atoms with Crippen molar-refractivity contribution in [3.05, 3.63) is 63.6 Å². The Bertz CT molecular complexity index is 863. The highest BCUT2D eigenvalue weighted by Crippen LogP contribution is 2.24. The molecule has 8 heteroatoms. The van der Waals surface area contributed by atoms with Crippen LogP contribution in [0.3, 0.4) is 0 Å². The average molecular weight is 538 g/mol. The number of carbonyl (C=O) groups excluding carboxylic acids is 1. The Morgan fingerprint density at radius 3 is 2.59 bits per heavy atom. The van der Waals surface area contributed by atoms with Crippen LogP contribution in [0.1, 0.15) is 55.4 Å². The quantitative estimate of drug-likeness (QED) is 0.157. The van der Waals surface area contributed by atoms with E-state index in [4.69, 9.17) is 14.2 Å². The van der Waals surface area contributed by atoms with E-state index >= 15 is 0 Å². The minimum Gasteiger partial charge on any atom is -0.426 e. The van der Waals surface area contributed by atoms with Gasteiger partial charge in [-0.3, -0.25) is 4.79 Å². The molecular weight excluding hydrogens is 502 g/mol. The predicted octanol–water partition coefficient (Wildman–Crippen LogP) is 4.28. The summed E-state index contributed by atoms with van der Waals surface area (Å²) in [6, 6.07) is 13.0. The third-order valence-electron chi connectivity index (χ3n) is 5.15. The van der Waals surface area contributed by atoms with Crippen molar-refractivity contribution in [2.75, 3.05) is 32.9 Å². The second-order valence-electron chi connectivity index (χ2n) is 8.05. The van der Waals surface area contributed by atoms with Gasteiger partial charge in [0.1, 0.15) is 5.75 Å². The number of aliphatic hydroxyl groups is 2. The Morgan fingerprint density at radius 1 is 1.03 bits per heavy atom. The fourth-order valence-corrected chi connectivity index (χ4v) is 3.83. The number of carbonyl (C=O) groups is 1. The molecule has 0 aliphatic carbocycles. The van der Waals surface area contributed by atoms with Gasteiger partial charge in [-0.2, -0.15) is 0 Å². The SMILES string of the molecule is CC(=O)Oc1ccc([C@@H](O)CNCCCCCCOCCOCc2cccc(Br)c2)cc1CO. The predicted molar refractivity (Wildman–Crippen MR) is 135 cm³/mol. The molecule has 0 aliphatic rings. The standard InChI is InChI=1S/C26H36BrNO6/c1-20(30)34-26-10-9-22(16-23(26)18-29)25(31)17-28-11-4-2-3-5-12-32-13-14-33-19-21-7-6-8-24(27)15-21/h6-10,15-16,25,28-29,31H,2-5,11-14,17-19H2,1H3/t25-/m0/s1. The van der Waals surface area contributed by atoms with Gasteiger partial charge in [-0.1, -0.05) is 47.0 Å². The molecule has 34 heavy (non-hydrogen) atoms. The first kappa shape index (κ1) is 28.4. The van der Waals surface area contributed by atoms with Crippen LogP contribution in [0.5, 0.6) is 5.75 Å². The fraction of sp³-hybridized carbons (Fsp3) is 0.500.